The number of benzene rings is 7. The van der Waals surface area contributed by atoms with E-state index in [1.807, 2.05) is 48.5 Å². The third kappa shape index (κ3) is 5.75. The maximum Gasteiger partial charge on any atom is 0.269 e. The highest BCUT2D eigenvalue weighted by molar-refractivity contribution is 7.89. The molecule has 0 atom stereocenters. The molecule has 4 aliphatic rings. The van der Waals surface area contributed by atoms with Gasteiger partial charge in [0.05, 0.1) is 9.82 Å². The van der Waals surface area contributed by atoms with Crippen molar-refractivity contribution in [3.05, 3.63) is 179 Å². The number of hydrogen-bond acceptors (Lipinski definition) is 4. The van der Waals surface area contributed by atoms with Crippen LogP contribution >= 0.6 is 0 Å². The molecule has 2 aromatic heterocycles. The zero-order valence-electron chi connectivity index (χ0n) is 30.4. The lowest BCUT2D eigenvalue weighted by molar-refractivity contribution is -0.384. The van der Waals surface area contributed by atoms with Crippen molar-refractivity contribution in [1.82, 2.24) is 13.4 Å². The van der Waals surface area contributed by atoms with Crippen molar-refractivity contribution in [3.8, 4) is 22.3 Å². The molecule has 0 saturated carbocycles. The fourth-order valence-electron chi connectivity index (χ4n) is 8.51. The van der Waals surface area contributed by atoms with Crippen LogP contribution in [0.5, 0.6) is 0 Å². The van der Waals surface area contributed by atoms with Crippen LogP contribution in [0, 0.1) is 10.1 Å². The van der Waals surface area contributed by atoms with Gasteiger partial charge in [-0.05, 0) is 100 Å². The summed E-state index contributed by atoms with van der Waals surface area (Å²) in [4.78, 5) is 10.9. The minimum absolute atomic E-state index is 0.00729. The Kier molecular flexibility index (Phi) is 8.09. The average Bonchev–Trinajstić information content (AvgIpc) is 3.71. The molecule has 0 radical (unpaired) electrons. The van der Waals surface area contributed by atoms with E-state index >= 15 is 0 Å². The molecule has 4 aliphatic heterocycles. The van der Waals surface area contributed by atoms with Crippen LogP contribution in [0.25, 0.3) is 65.9 Å². The predicted octanol–water partition coefficient (Wildman–Crippen LogP) is 10.9. The van der Waals surface area contributed by atoms with Gasteiger partial charge < -0.3 is 9.13 Å². The molecule has 0 saturated heterocycles. The second-order valence-electron chi connectivity index (χ2n) is 14.6. The second kappa shape index (κ2) is 13.3. The summed E-state index contributed by atoms with van der Waals surface area (Å²) >= 11 is 0. The lowest BCUT2D eigenvalue weighted by Gasteiger charge is -2.23. The van der Waals surface area contributed by atoms with E-state index in [1.165, 1.54) is 28.6 Å². The Morgan fingerprint density at radius 3 is 1.36 bits per heavy atom. The molecule has 0 fully saturated rings. The normalized spacial score (nSPS) is 13.9. The number of aryl methyl sites for hydroxylation is 2. The fraction of sp³-hybridized carbons (Fsp3) is 0.106. The topological polar surface area (TPSA) is 90.4 Å². The molecule has 0 amide bonds. The van der Waals surface area contributed by atoms with Crippen LogP contribution in [0.4, 0.5) is 5.69 Å². The smallest absolute Gasteiger partial charge is 0.269 e. The zero-order valence-corrected chi connectivity index (χ0v) is 31.2. The Morgan fingerprint density at radius 1 is 0.482 bits per heavy atom. The van der Waals surface area contributed by atoms with Gasteiger partial charge in [-0.1, -0.05) is 84.9 Å². The number of nitro benzene ring substituents is 1. The van der Waals surface area contributed by atoms with Gasteiger partial charge in [0, 0.05) is 81.9 Å². The van der Waals surface area contributed by atoms with Gasteiger partial charge in [0.2, 0.25) is 10.0 Å². The third-order valence-electron chi connectivity index (χ3n) is 11.2. The van der Waals surface area contributed by atoms with E-state index in [0.29, 0.717) is 0 Å². The van der Waals surface area contributed by atoms with Crippen LogP contribution in [0.15, 0.2) is 163 Å². The van der Waals surface area contributed by atoms with Gasteiger partial charge in [-0.15, -0.1) is 0 Å². The van der Waals surface area contributed by atoms with Gasteiger partial charge in [-0.3, -0.25) is 10.1 Å². The first-order chi connectivity index (χ1) is 27.3. The number of non-ortho nitro benzene ring substituents is 1. The highest BCUT2D eigenvalue weighted by Gasteiger charge is 2.27. The van der Waals surface area contributed by atoms with Crippen LogP contribution in [-0.2, 0) is 36.2 Å². The molecule has 9 aromatic rings. The maximum absolute atomic E-state index is 14.6. The first kappa shape index (κ1) is 34.0. The predicted molar refractivity (Wildman–Crippen MR) is 224 cm³/mol. The molecule has 8 nitrogen and oxygen atoms in total. The van der Waals surface area contributed by atoms with Crippen molar-refractivity contribution in [2.24, 2.45) is 0 Å². The number of nitro groups is 1. The lowest BCUT2D eigenvalue weighted by Crippen LogP contribution is -2.30. The van der Waals surface area contributed by atoms with Crippen LogP contribution in [0.1, 0.15) is 17.5 Å². The SMILES string of the molecule is O=[N+]([O-])c1ccc(S(=O)(=O)N2Cc3ccc4c(c3)c3cc(-c5ccccc5)ccc3n4CCCn3c4ccc(cc4c4cc(-c5ccccc5)ccc43)C2)cc1. The Morgan fingerprint density at radius 2 is 0.911 bits per heavy atom. The molecule has 56 heavy (non-hydrogen) atoms. The molecular formula is C47H36N4O4S. The van der Waals surface area contributed by atoms with E-state index in [4.69, 9.17) is 0 Å². The molecule has 13 rings (SSSR count). The van der Waals surface area contributed by atoms with Crippen molar-refractivity contribution in [2.45, 2.75) is 37.5 Å². The number of rotatable bonds is 5. The van der Waals surface area contributed by atoms with Crippen molar-refractivity contribution in [1.29, 1.82) is 0 Å². The Balaban J connectivity index is 1.17. The summed E-state index contributed by atoms with van der Waals surface area (Å²) in [6.07, 6.45) is 0.906. The molecule has 0 aliphatic carbocycles. The number of hydrogen-bond donors (Lipinski definition) is 0. The number of sulfonamides is 1. The quantitative estimate of drug-likeness (QED) is 0.129. The summed E-state index contributed by atoms with van der Waals surface area (Å²) in [5.41, 5.74) is 10.5. The highest BCUT2D eigenvalue weighted by atomic mass is 32.2. The Bertz CT molecular complexity index is 2930. The molecule has 0 unspecified atom stereocenters. The molecule has 6 heterocycles. The third-order valence-corrected chi connectivity index (χ3v) is 13.0. The highest BCUT2D eigenvalue weighted by Crippen LogP contribution is 2.37. The van der Waals surface area contributed by atoms with Crippen LogP contribution in [-0.4, -0.2) is 26.8 Å². The molecular weight excluding hydrogens is 717 g/mol. The number of fused-ring (bicyclic) bond motifs is 2. The molecule has 7 aromatic carbocycles. The van der Waals surface area contributed by atoms with Crippen LogP contribution in [0.2, 0.25) is 0 Å². The number of nitrogens with zero attached hydrogens (tertiary/aromatic N) is 4. The largest absolute Gasteiger partial charge is 0.340 e. The van der Waals surface area contributed by atoms with Crippen molar-refractivity contribution in [3.63, 3.8) is 0 Å². The van der Waals surface area contributed by atoms with E-state index in [2.05, 4.69) is 94.1 Å². The monoisotopic (exact) mass is 752 g/mol. The summed E-state index contributed by atoms with van der Waals surface area (Å²) in [7, 11) is -4.10. The molecule has 274 valence electrons. The molecule has 0 N–H and O–H groups in total. The number of aromatic nitrogens is 2. The minimum Gasteiger partial charge on any atom is -0.340 e. The second-order valence-corrected chi connectivity index (χ2v) is 16.5. The van der Waals surface area contributed by atoms with Gasteiger partial charge in [-0.2, -0.15) is 4.31 Å². The van der Waals surface area contributed by atoms with Gasteiger partial charge in [0.1, 0.15) is 0 Å². The summed E-state index contributed by atoms with van der Waals surface area (Å²) in [5, 5.41) is 15.8. The van der Waals surface area contributed by atoms with Gasteiger partial charge >= 0.3 is 0 Å². The van der Waals surface area contributed by atoms with E-state index in [1.54, 1.807) is 0 Å². The first-order valence-corrected chi connectivity index (χ1v) is 20.2. The van der Waals surface area contributed by atoms with Crippen LogP contribution in [0.3, 0.4) is 0 Å². The van der Waals surface area contributed by atoms with Gasteiger partial charge in [0.25, 0.3) is 5.69 Å². The molecule has 9 heteroatoms. The fourth-order valence-corrected chi connectivity index (χ4v) is 9.93. The van der Waals surface area contributed by atoms with Gasteiger partial charge in [0.15, 0.2) is 0 Å². The summed E-state index contributed by atoms with van der Waals surface area (Å²) < 4.78 is 35.5. The van der Waals surface area contributed by atoms with E-state index < -0.39 is 14.9 Å². The standard InChI is InChI=1S/C47H36N4O4S/c52-51(53)38-16-18-39(19-17-38)56(54,55)48-30-32-12-20-44-40(26-32)42-28-36(34-8-3-1-4-9-34)14-22-46(42)49(44)24-7-25-50-45-21-13-33(31-48)27-41(45)43-29-37(15-23-47(43)50)35-10-5-2-6-11-35/h1-6,8-23,26-29H,7,24-25,30-31H2. The minimum atomic E-state index is -4.10. The van der Waals surface area contributed by atoms with E-state index in [9.17, 15) is 18.5 Å². The van der Waals surface area contributed by atoms with Gasteiger partial charge in [-0.25, -0.2) is 8.42 Å². The van der Waals surface area contributed by atoms with Crippen molar-refractivity contribution in [2.75, 3.05) is 0 Å². The Hall–Kier alpha value is -6.55. The maximum atomic E-state index is 14.6. The summed E-state index contributed by atoms with van der Waals surface area (Å²) in [6, 6.07) is 51.7. The lowest BCUT2D eigenvalue weighted by atomic mass is 10.0. The van der Waals surface area contributed by atoms with Crippen molar-refractivity contribution >= 4 is 59.3 Å². The van der Waals surface area contributed by atoms with Crippen molar-refractivity contribution < 1.29 is 13.3 Å². The average molecular weight is 753 g/mol. The van der Waals surface area contributed by atoms with E-state index in [0.717, 1.165) is 96.5 Å². The summed E-state index contributed by atoms with van der Waals surface area (Å²) in [6.45, 7) is 1.81. The van der Waals surface area contributed by atoms with E-state index in [-0.39, 0.29) is 23.7 Å². The summed E-state index contributed by atoms with van der Waals surface area (Å²) in [5.74, 6) is 0. The molecule has 8 bridgehead atoms. The Labute approximate surface area is 323 Å². The van der Waals surface area contributed by atoms with Crippen LogP contribution < -0.4 is 0 Å². The molecule has 0 spiro atoms. The first-order valence-electron chi connectivity index (χ1n) is 18.8. The zero-order chi connectivity index (χ0) is 38.0.